The maximum absolute atomic E-state index is 13.9. The van der Waals surface area contributed by atoms with Crippen LogP contribution < -0.4 is 10.5 Å². The lowest BCUT2D eigenvalue weighted by Crippen LogP contribution is -2.27. The summed E-state index contributed by atoms with van der Waals surface area (Å²) < 4.78 is 18.8. The molecule has 104 valence electrons. The molecule has 18 heavy (non-hydrogen) atoms. The molecule has 0 unspecified atom stereocenters. The Morgan fingerprint density at radius 1 is 1.44 bits per heavy atom. The van der Waals surface area contributed by atoms with Crippen molar-refractivity contribution >= 4 is 12.4 Å². The van der Waals surface area contributed by atoms with Crippen molar-refractivity contribution in [3.05, 3.63) is 29.6 Å². The van der Waals surface area contributed by atoms with Crippen molar-refractivity contribution in [2.45, 2.75) is 38.3 Å². The summed E-state index contributed by atoms with van der Waals surface area (Å²) in [5.41, 5.74) is 6.16. The second-order valence-electron chi connectivity index (χ2n) is 4.10. The van der Waals surface area contributed by atoms with Crippen LogP contribution in [-0.2, 0) is 0 Å². The Morgan fingerprint density at radius 3 is 2.67 bits per heavy atom. The molecule has 1 aromatic carbocycles. The van der Waals surface area contributed by atoms with Gasteiger partial charge in [0.25, 0.3) is 0 Å². The molecule has 1 aromatic rings. The molecule has 0 aromatic heterocycles. The number of halogens is 2. The maximum atomic E-state index is 13.9. The highest BCUT2D eigenvalue weighted by Crippen LogP contribution is 2.26. The first-order chi connectivity index (χ1) is 8.11. The summed E-state index contributed by atoms with van der Waals surface area (Å²) in [7, 11) is 1.40. The summed E-state index contributed by atoms with van der Waals surface area (Å²) in [6.07, 6.45) is 1.70. The number of rotatable bonds is 6. The molecule has 5 heteroatoms. The lowest BCUT2D eigenvalue weighted by molar-refractivity contribution is 0.130. The Hall–Kier alpha value is -0.840. The molecule has 0 heterocycles. The minimum absolute atomic E-state index is 0. The summed E-state index contributed by atoms with van der Waals surface area (Å²) in [6, 6.07) is 4.07. The van der Waals surface area contributed by atoms with E-state index in [2.05, 4.69) is 0 Å². The van der Waals surface area contributed by atoms with Crippen LogP contribution in [0, 0.1) is 5.82 Å². The Kier molecular flexibility index (Phi) is 7.91. The molecule has 0 fully saturated rings. The van der Waals surface area contributed by atoms with Crippen LogP contribution in [0.3, 0.4) is 0 Å². The van der Waals surface area contributed by atoms with Gasteiger partial charge < -0.3 is 15.6 Å². The predicted octanol–water partition coefficient (Wildman–Crippen LogP) is 2.81. The van der Waals surface area contributed by atoms with Crippen LogP contribution in [0.25, 0.3) is 0 Å². The fourth-order valence-electron chi connectivity index (χ4n) is 1.74. The van der Waals surface area contributed by atoms with Crippen LogP contribution in [0.5, 0.6) is 5.75 Å². The Labute approximate surface area is 114 Å². The van der Waals surface area contributed by atoms with Gasteiger partial charge in [-0.3, -0.25) is 0 Å². The molecule has 0 saturated carbocycles. The number of unbranched alkanes of at least 4 members (excludes halogenated alkanes) is 1. The van der Waals surface area contributed by atoms with E-state index in [0.29, 0.717) is 12.0 Å². The van der Waals surface area contributed by atoms with E-state index in [0.717, 1.165) is 12.8 Å². The van der Waals surface area contributed by atoms with Gasteiger partial charge in [0.15, 0.2) is 11.6 Å². The number of nitrogens with two attached hydrogens (primary N) is 1. The minimum Gasteiger partial charge on any atom is -0.494 e. The number of hydrogen-bond donors (Lipinski definition) is 2. The maximum Gasteiger partial charge on any atom is 0.169 e. The quantitative estimate of drug-likeness (QED) is 0.841. The van der Waals surface area contributed by atoms with Gasteiger partial charge in [-0.05, 0) is 12.5 Å². The van der Waals surface area contributed by atoms with E-state index in [1.165, 1.54) is 13.2 Å². The van der Waals surface area contributed by atoms with E-state index < -0.39 is 18.0 Å². The zero-order chi connectivity index (χ0) is 12.8. The molecule has 2 atom stereocenters. The third-order valence-corrected chi connectivity index (χ3v) is 2.84. The molecule has 0 radical (unpaired) electrons. The molecule has 3 N–H and O–H groups in total. The van der Waals surface area contributed by atoms with Gasteiger partial charge in [0.2, 0.25) is 0 Å². The molecule has 0 aliphatic carbocycles. The van der Waals surface area contributed by atoms with Gasteiger partial charge in [-0.15, -0.1) is 12.4 Å². The van der Waals surface area contributed by atoms with Crippen LogP contribution in [-0.4, -0.2) is 18.3 Å². The average Bonchev–Trinajstić information content (AvgIpc) is 2.35. The molecule has 0 aliphatic rings. The SMILES string of the molecule is CCCC[C@H](O)[C@H](N)c1cccc(OC)c1F.Cl. The van der Waals surface area contributed by atoms with Crippen molar-refractivity contribution in [3.8, 4) is 5.75 Å². The smallest absolute Gasteiger partial charge is 0.169 e. The van der Waals surface area contributed by atoms with Crippen molar-refractivity contribution < 1.29 is 14.2 Å². The zero-order valence-electron chi connectivity index (χ0n) is 10.7. The lowest BCUT2D eigenvalue weighted by Gasteiger charge is -2.20. The average molecular weight is 278 g/mol. The third kappa shape index (κ3) is 4.12. The van der Waals surface area contributed by atoms with Crippen LogP contribution in [0.1, 0.15) is 37.8 Å². The highest BCUT2D eigenvalue weighted by Gasteiger charge is 2.21. The van der Waals surface area contributed by atoms with E-state index in [4.69, 9.17) is 10.5 Å². The highest BCUT2D eigenvalue weighted by molar-refractivity contribution is 5.85. The Morgan fingerprint density at radius 2 is 2.11 bits per heavy atom. The first-order valence-corrected chi connectivity index (χ1v) is 5.87. The molecule has 3 nitrogen and oxygen atoms in total. The number of aliphatic hydroxyl groups is 1. The van der Waals surface area contributed by atoms with Crippen molar-refractivity contribution in [1.82, 2.24) is 0 Å². The molecule has 0 aliphatic heterocycles. The second kappa shape index (κ2) is 8.29. The molecule has 1 rings (SSSR count). The van der Waals surface area contributed by atoms with Crippen LogP contribution in [0.2, 0.25) is 0 Å². The van der Waals surface area contributed by atoms with E-state index in [-0.39, 0.29) is 18.2 Å². The first-order valence-electron chi connectivity index (χ1n) is 5.87. The number of benzene rings is 1. The minimum atomic E-state index is -0.725. The van der Waals surface area contributed by atoms with E-state index in [9.17, 15) is 9.50 Å². The third-order valence-electron chi connectivity index (χ3n) is 2.84. The zero-order valence-corrected chi connectivity index (χ0v) is 11.5. The number of ether oxygens (including phenoxy) is 1. The first kappa shape index (κ1) is 17.2. The van der Waals surface area contributed by atoms with Crippen LogP contribution in [0.15, 0.2) is 18.2 Å². The van der Waals surface area contributed by atoms with Gasteiger partial charge in [0, 0.05) is 5.56 Å². The normalized spacial score (nSPS) is 13.6. The largest absolute Gasteiger partial charge is 0.494 e. The Balaban J connectivity index is 0.00000289. The summed E-state index contributed by atoms with van der Waals surface area (Å²) in [4.78, 5) is 0. The van der Waals surface area contributed by atoms with Gasteiger partial charge >= 0.3 is 0 Å². The van der Waals surface area contributed by atoms with Gasteiger partial charge in [0.1, 0.15) is 0 Å². The van der Waals surface area contributed by atoms with Gasteiger partial charge in [0.05, 0.1) is 19.3 Å². The van der Waals surface area contributed by atoms with E-state index in [1.54, 1.807) is 12.1 Å². The number of aliphatic hydroxyl groups excluding tert-OH is 1. The number of methoxy groups -OCH3 is 1. The Bertz CT molecular complexity index is 363. The summed E-state index contributed by atoms with van der Waals surface area (Å²) in [5, 5.41) is 9.86. The summed E-state index contributed by atoms with van der Waals surface area (Å²) in [6.45, 7) is 2.03. The van der Waals surface area contributed by atoms with Gasteiger partial charge in [-0.1, -0.05) is 31.9 Å². The molecule has 0 spiro atoms. The van der Waals surface area contributed by atoms with Crippen LogP contribution >= 0.6 is 12.4 Å². The lowest BCUT2D eigenvalue weighted by atomic mass is 9.98. The predicted molar refractivity (Wildman–Crippen MR) is 72.7 cm³/mol. The second-order valence-corrected chi connectivity index (χ2v) is 4.10. The summed E-state index contributed by atoms with van der Waals surface area (Å²) >= 11 is 0. The van der Waals surface area contributed by atoms with Crippen molar-refractivity contribution in [1.29, 1.82) is 0 Å². The fourth-order valence-corrected chi connectivity index (χ4v) is 1.74. The fraction of sp³-hybridized carbons (Fsp3) is 0.538. The topological polar surface area (TPSA) is 55.5 Å². The van der Waals surface area contributed by atoms with Crippen molar-refractivity contribution in [2.75, 3.05) is 7.11 Å². The standard InChI is InChI=1S/C13H20FNO2.ClH/c1-3-4-7-10(16)13(15)9-6-5-8-11(17-2)12(9)14;/h5-6,8,10,13,16H,3-4,7,15H2,1-2H3;1H/t10-,13+;/m0./s1. The van der Waals surface area contributed by atoms with E-state index >= 15 is 0 Å². The molecule has 0 saturated heterocycles. The van der Waals surface area contributed by atoms with Gasteiger partial charge in [-0.2, -0.15) is 0 Å². The molecule has 0 bridgehead atoms. The summed E-state index contributed by atoms with van der Waals surface area (Å²) in [5.74, 6) is -0.335. The van der Waals surface area contributed by atoms with Crippen LogP contribution in [0.4, 0.5) is 4.39 Å². The molecular weight excluding hydrogens is 257 g/mol. The van der Waals surface area contributed by atoms with Crippen molar-refractivity contribution in [3.63, 3.8) is 0 Å². The highest BCUT2D eigenvalue weighted by atomic mass is 35.5. The molecule has 0 amide bonds. The molecular formula is C13H21ClFNO2. The van der Waals surface area contributed by atoms with Crippen molar-refractivity contribution in [2.24, 2.45) is 5.73 Å². The monoisotopic (exact) mass is 277 g/mol. The number of hydrogen-bond acceptors (Lipinski definition) is 3. The van der Waals surface area contributed by atoms with Gasteiger partial charge in [-0.25, -0.2) is 4.39 Å². The van der Waals surface area contributed by atoms with E-state index in [1.807, 2.05) is 6.92 Å².